The van der Waals surface area contributed by atoms with E-state index in [0.29, 0.717) is 19.7 Å². The number of piperazine rings is 1. The van der Waals surface area contributed by atoms with Gasteiger partial charge in [0, 0.05) is 31.9 Å². The van der Waals surface area contributed by atoms with Gasteiger partial charge in [0.15, 0.2) is 5.11 Å². The van der Waals surface area contributed by atoms with Crippen LogP contribution < -0.4 is 5.32 Å². The Morgan fingerprint density at radius 2 is 1.62 bits per heavy atom. The maximum Gasteiger partial charge on any atom is 0.409 e. The van der Waals surface area contributed by atoms with Crippen LogP contribution in [0.3, 0.4) is 0 Å². The molecule has 1 aromatic carbocycles. The Labute approximate surface area is 150 Å². The van der Waals surface area contributed by atoms with Crippen LogP contribution in [-0.2, 0) is 17.6 Å². The average Bonchev–Trinajstić information content (AvgIpc) is 2.62. The first-order valence-corrected chi connectivity index (χ1v) is 9.09. The lowest BCUT2D eigenvalue weighted by atomic mass is 10.0. The van der Waals surface area contributed by atoms with E-state index in [1.165, 1.54) is 11.1 Å². The number of anilines is 1. The lowest BCUT2D eigenvalue weighted by Gasteiger charge is -2.36. The van der Waals surface area contributed by atoms with Crippen molar-refractivity contribution in [2.45, 2.75) is 33.6 Å². The van der Waals surface area contributed by atoms with Gasteiger partial charge in [-0.3, -0.25) is 0 Å². The van der Waals surface area contributed by atoms with Crippen molar-refractivity contribution in [1.82, 2.24) is 9.80 Å². The van der Waals surface area contributed by atoms with E-state index in [1.54, 1.807) is 4.90 Å². The van der Waals surface area contributed by atoms with Crippen LogP contribution in [0.15, 0.2) is 18.2 Å². The lowest BCUT2D eigenvalue weighted by Crippen LogP contribution is -2.51. The molecule has 1 aliphatic heterocycles. The van der Waals surface area contributed by atoms with Gasteiger partial charge < -0.3 is 19.9 Å². The van der Waals surface area contributed by atoms with Gasteiger partial charge in [-0.1, -0.05) is 32.0 Å². The van der Waals surface area contributed by atoms with Crippen LogP contribution in [0.2, 0.25) is 0 Å². The summed E-state index contributed by atoms with van der Waals surface area (Å²) in [4.78, 5) is 15.6. The Morgan fingerprint density at radius 3 is 2.12 bits per heavy atom. The molecular weight excluding hydrogens is 322 g/mol. The molecule has 0 aromatic heterocycles. The van der Waals surface area contributed by atoms with E-state index in [1.807, 2.05) is 6.92 Å². The Hall–Kier alpha value is -1.82. The molecule has 1 N–H and O–H groups in total. The number of hydrogen-bond acceptors (Lipinski definition) is 3. The third kappa shape index (κ3) is 4.38. The van der Waals surface area contributed by atoms with Gasteiger partial charge in [-0.2, -0.15) is 0 Å². The molecule has 1 fully saturated rings. The molecule has 2 rings (SSSR count). The van der Waals surface area contributed by atoms with Crippen molar-refractivity contribution in [1.29, 1.82) is 0 Å². The van der Waals surface area contributed by atoms with Crippen LogP contribution in [0.4, 0.5) is 10.5 Å². The molecule has 0 spiro atoms. The minimum Gasteiger partial charge on any atom is -0.450 e. The van der Waals surface area contributed by atoms with Gasteiger partial charge in [-0.15, -0.1) is 0 Å². The summed E-state index contributed by atoms with van der Waals surface area (Å²) in [5.41, 5.74) is 3.70. The van der Waals surface area contributed by atoms with E-state index >= 15 is 0 Å². The summed E-state index contributed by atoms with van der Waals surface area (Å²) in [6.45, 7) is 9.26. The second kappa shape index (κ2) is 8.87. The summed E-state index contributed by atoms with van der Waals surface area (Å²) in [5.74, 6) is 0. The zero-order valence-electron chi connectivity index (χ0n) is 14.8. The molecule has 24 heavy (non-hydrogen) atoms. The number of aryl methyl sites for hydroxylation is 2. The van der Waals surface area contributed by atoms with Crippen LogP contribution in [0, 0.1) is 0 Å². The summed E-state index contributed by atoms with van der Waals surface area (Å²) >= 11 is 5.61. The molecular formula is C18H27N3O2S. The molecule has 0 unspecified atom stereocenters. The van der Waals surface area contributed by atoms with Crippen molar-refractivity contribution in [3.05, 3.63) is 29.3 Å². The molecule has 1 aliphatic rings. The van der Waals surface area contributed by atoms with Crippen molar-refractivity contribution in [3.63, 3.8) is 0 Å². The SMILES string of the molecule is CCOC(=O)N1CCN(C(=S)Nc2c(CC)cccc2CC)CC1. The van der Waals surface area contributed by atoms with Crippen LogP contribution in [0.1, 0.15) is 31.9 Å². The predicted octanol–water partition coefficient (Wildman–Crippen LogP) is 3.28. The third-order valence-electron chi connectivity index (χ3n) is 4.32. The summed E-state index contributed by atoms with van der Waals surface area (Å²) in [6.07, 6.45) is 1.70. The molecule has 1 heterocycles. The smallest absolute Gasteiger partial charge is 0.409 e. The van der Waals surface area contributed by atoms with Gasteiger partial charge in [-0.25, -0.2) is 4.79 Å². The van der Waals surface area contributed by atoms with E-state index in [2.05, 4.69) is 42.3 Å². The molecule has 0 saturated carbocycles. The third-order valence-corrected chi connectivity index (χ3v) is 4.68. The fourth-order valence-corrected chi connectivity index (χ4v) is 3.18. The van der Waals surface area contributed by atoms with Gasteiger partial charge >= 0.3 is 6.09 Å². The fourth-order valence-electron chi connectivity index (χ4n) is 2.90. The maximum absolute atomic E-state index is 11.8. The Balaban J connectivity index is 1.98. The minimum atomic E-state index is -0.236. The van der Waals surface area contributed by atoms with Crippen LogP contribution in [0.25, 0.3) is 0 Å². The quantitative estimate of drug-likeness (QED) is 0.845. The van der Waals surface area contributed by atoms with E-state index < -0.39 is 0 Å². The first kappa shape index (κ1) is 18.5. The first-order valence-electron chi connectivity index (χ1n) is 8.69. The normalized spacial score (nSPS) is 14.5. The zero-order chi connectivity index (χ0) is 17.5. The van der Waals surface area contributed by atoms with Crippen LogP contribution >= 0.6 is 12.2 Å². The number of carbonyl (C=O) groups excluding carboxylic acids is 1. The summed E-state index contributed by atoms with van der Waals surface area (Å²) in [5, 5.41) is 4.17. The van der Waals surface area contributed by atoms with E-state index in [9.17, 15) is 4.79 Å². The molecule has 132 valence electrons. The number of nitrogens with zero attached hydrogens (tertiary/aromatic N) is 2. The standard InChI is InChI=1S/C18H27N3O2S/c1-4-14-8-7-9-15(5-2)16(14)19-17(24)20-10-12-21(13-11-20)18(22)23-6-3/h7-9H,4-6,10-13H2,1-3H3,(H,19,24). The Morgan fingerprint density at radius 1 is 1.08 bits per heavy atom. The number of amides is 1. The number of hydrogen-bond donors (Lipinski definition) is 1. The monoisotopic (exact) mass is 349 g/mol. The number of carbonyl (C=O) groups is 1. The molecule has 0 bridgehead atoms. The summed E-state index contributed by atoms with van der Waals surface area (Å²) < 4.78 is 5.05. The molecule has 5 nitrogen and oxygen atoms in total. The second-order valence-electron chi connectivity index (χ2n) is 5.76. The van der Waals surface area contributed by atoms with Gasteiger partial charge in [0.25, 0.3) is 0 Å². The molecule has 1 amide bonds. The number of ether oxygens (including phenoxy) is 1. The maximum atomic E-state index is 11.8. The van der Waals surface area contributed by atoms with E-state index in [-0.39, 0.29) is 6.09 Å². The summed E-state index contributed by atoms with van der Waals surface area (Å²) in [6, 6.07) is 6.38. The molecule has 0 radical (unpaired) electrons. The topological polar surface area (TPSA) is 44.8 Å². The van der Waals surface area contributed by atoms with Crippen LogP contribution in [-0.4, -0.2) is 53.8 Å². The first-order chi connectivity index (χ1) is 11.6. The minimum absolute atomic E-state index is 0.236. The lowest BCUT2D eigenvalue weighted by molar-refractivity contribution is 0.0923. The number of rotatable bonds is 4. The van der Waals surface area contributed by atoms with E-state index in [4.69, 9.17) is 17.0 Å². The number of nitrogens with one attached hydrogen (secondary N) is 1. The summed E-state index contributed by atoms with van der Waals surface area (Å²) in [7, 11) is 0. The number of para-hydroxylation sites is 1. The Bertz CT molecular complexity index is 561. The van der Waals surface area contributed by atoms with Crippen molar-refractivity contribution < 1.29 is 9.53 Å². The fraction of sp³-hybridized carbons (Fsp3) is 0.556. The molecule has 6 heteroatoms. The second-order valence-corrected chi connectivity index (χ2v) is 6.15. The molecule has 1 aromatic rings. The highest BCUT2D eigenvalue weighted by atomic mass is 32.1. The highest BCUT2D eigenvalue weighted by Crippen LogP contribution is 2.23. The number of thiocarbonyl (C=S) groups is 1. The highest BCUT2D eigenvalue weighted by Gasteiger charge is 2.23. The highest BCUT2D eigenvalue weighted by molar-refractivity contribution is 7.80. The number of benzene rings is 1. The van der Waals surface area contributed by atoms with E-state index in [0.717, 1.165) is 36.7 Å². The van der Waals surface area contributed by atoms with Crippen LogP contribution in [0.5, 0.6) is 0 Å². The van der Waals surface area contributed by atoms with Crippen molar-refractivity contribution in [3.8, 4) is 0 Å². The van der Waals surface area contributed by atoms with Crippen molar-refractivity contribution in [2.75, 3.05) is 38.1 Å². The molecule has 1 saturated heterocycles. The van der Waals surface area contributed by atoms with Gasteiger partial charge in [0.2, 0.25) is 0 Å². The Kier molecular flexibility index (Phi) is 6.85. The predicted molar refractivity (Wildman–Crippen MR) is 102 cm³/mol. The molecule has 0 aliphatic carbocycles. The van der Waals surface area contributed by atoms with Gasteiger partial charge in [0.05, 0.1) is 6.61 Å². The average molecular weight is 350 g/mol. The largest absolute Gasteiger partial charge is 0.450 e. The van der Waals surface area contributed by atoms with Crippen molar-refractivity contribution in [2.24, 2.45) is 0 Å². The van der Waals surface area contributed by atoms with Gasteiger partial charge in [-0.05, 0) is 43.1 Å². The van der Waals surface area contributed by atoms with Gasteiger partial charge in [0.1, 0.15) is 0 Å². The molecule has 0 atom stereocenters. The zero-order valence-corrected chi connectivity index (χ0v) is 15.6. The van der Waals surface area contributed by atoms with Crippen molar-refractivity contribution >= 4 is 29.1 Å².